The summed E-state index contributed by atoms with van der Waals surface area (Å²) in [6.07, 6.45) is 2.11. The van der Waals surface area contributed by atoms with Crippen LogP contribution in [0.5, 0.6) is 0 Å². The van der Waals surface area contributed by atoms with Gasteiger partial charge >= 0.3 is 0 Å². The van der Waals surface area contributed by atoms with Crippen molar-refractivity contribution in [3.05, 3.63) is 63.8 Å². The molecule has 4 aromatic rings. The van der Waals surface area contributed by atoms with Gasteiger partial charge < -0.3 is 0 Å². The molecule has 3 heteroatoms. The van der Waals surface area contributed by atoms with Crippen molar-refractivity contribution in [3.63, 3.8) is 0 Å². The average Bonchev–Trinajstić information content (AvgIpc) is 3.08. The number of benzene rings is 2. The first kappa shape index (κ1) is 12.1. The first-order chi connectivity index (χ1) is 9.90. The number of rotatable bonds is 3. The molecule has 0 aliphatic heterocycles. The van der Waals surface area contributed by atoms with E-state index in [1.54, 1.807) is 0 Å². The van der Waals surface area contributed by atoms with Gasteiger partial charge in [-0.15, -0.1) is 22.7 Å². The molecule has 0 radical (unpaired) electrons. The standard InChI is InChI=1S/C17H13NS2/c1-2-6-13-12(5-1)11-19-15(13)9-10-17-18-14-7-3-4-8-16(14)20-17/h1-8,11H,9-10H2. The molecule has 2 aromatic heterocycles. The van der Waals surface area contributed by atoms with Crippen LogP contribution in [0, 0.1) is 0 Å². The zero-order valence-electron chi connectivity index (χ0n) is 10.9. The predicted molar refractivity (Wildman–Crippen MR) is 88.9 cm³/mol. The Kier molecular flexibility index (Phi) is 3.02. The lowest BCUT2D eigenvalue weighted by Gasteiger charge is -1.96. The summed E-state index contributed by atoms with van der Waals surface area (Å²) in [7, 11) is 0. The summed E-state index contributed by atoms with van der Waals surface area (Å²) >= 11 is 3.68. The van der Waals surface area contributed by atoms with Crippen molar-refractivity contribution in [2.75, 3.05) is 0 Å². The molecule has 0 aliphatic carbocycles. The van der Waals surface area contributed by atoms with Gasteiger partial charge in [0.1, 0.15) is 0 Å². The fraction of sp³-hybridized carbons (Fsp3) is 0.118. The third-order valence-corrected chi connectivity index (χ3v) is 5.67. The summed E-state index contributed by atoms with van der Waals surface area (Å²) in [6.45, 7) is 0. The Bertz CT molecular complexity index is 840. The first-order valence-corrected chi connectivity index (χ1v) is 8.39. The summed E-state index contributed by atoms with van der Waals surface area (Å²) in [4.78, 5) is 6.19. The van der Waals surface area contributed by atoms with E-state index in [9.17, 15) is 0 Å². The predicted octanol–water partition coefficient (Wildman–Crippen LogP) is 5.30. The minimum atomic E-state index is 1.03. The number of hydrogen-bond donors (Lipinski definition) is 0. The fourth-order valence-electron chi connectivity index (χ4n) is 2.49. The van der Waals surface area contributed by atoms with Crippen LogP contribution >= 0.6 is 22.7 Å². The number of thiazole rings is 1. The van der Waals surface area contributed by atoms with Crippen LogP contribution in [0.1, 0.15) is 9.88 Å². The second-order valence-electron chi connectivity index (χ2n) is 4.82. The largest absolute Gasteiger partial charge is 0.241 e. The number of fused-ring (bicyclic) bond motifs is 2. The molecule has 2 aromatic carbocycles. The highest BCUT2D eigenvalue weighted by Crippen LogP contribution is 2.28. The molecule has 98 valence electrons. The van der Waals surface area contributed by atoms with E-state index in [0.717, 1.165) is 18.4 Å². The van der Waals surface area contributed by atoms with Gasteiger partial charge in [0.15, 0.2) is 0 Å². The van der Waals surface area contributed by atoms with Crippen LogP contribution in [0.4, 0.5) is 0 Å². The Morgan fingerprint density at radius 1 is 0.900 bits per heavy atom. The maximum absolute atomic E-state index is 4.72. The summed E-state index contributed by atoms with van der Waals surface area (Å²) in [5.74, 6) is 0. The minimum Gasteiger partial charge on any atom is -0.241 e. The molecule has 0 bridgehead atoms. The van der Waals surface area contributed by atoms with Gasteiger partial charge in [0.25, 0.3) is 0 Å². The van der Waals surface area contributed by atoms with Gasteiger partial charge in [-0.2, -0.15) is 0 Å². The van der Waals surface area contributed by atoms with Gasteiger partial charge in [0.2, 0.25) is 0 Å². The van der Waals surface area contributed by atoms with E-state index >= 15 is 0 Å². The highest BCUT2D eigenvalue weighted by Gasteiger charge is 2.07. The Balaban J connectivity index is 1.60. The van der Waals surface area contributed by atoms with Crippen LogP contribution < -0.4 is 0 Å². The van der Waals surface area contributed by atoms with Crippen LogP contribution in [-0.4, -0.2) is 4.98 Å². The summed E-state index contributed by atoms with van der Waals surface area (Å²) in [6, 6.07) is 17.0. The molecule has 0 saturated carbocycles. The lowest BCUT2D eigenvalue weighted by molar-refractivity contribution is 0.974. The van der Waals surface area contributed by atoms with E-state index in [1.807, 2.05) is 22.7 Å². The van der Waals surface area contributed by atoms with Gasteiger partial charge in [-0.25, -0.2) is 4.98 Å². The summed E-state index contributed by atoms with van der Waals surface area (Å²) in [5.41, 5.74) is 1.13. The molecule has 1 nitrogen and oxygen atoms in total. The topological polar surface area (TPSA) is 12.9 Å². The molecule has 0 N–H and O–H groups in total. The number of thiophene rings is 1. The lowest BCUT2D eigenvalue weighted by Crippen LogP contribution is -1.88. The number of para-hydroxylation sites is 1. The van der Waals surface area contributed by atoms with Crippen LogP contribution in [0.2, 0.25) is 0 Å². The van der Waals surface area contributed by atoms with Crippen molar-refractivity contribution < 1.29 is 0 Å². The van der Waals surface area contributed by atoms with Crippen molar-refractivity contribution in [1.29, 1.82) is 0 Å². The smallest absolute Gasteiger partial charge is 0.0942 e. The van der Waals surface area contributed by atoms with E-state index in [1.165, 1.54) is 25.4 Å². The Morgan fingerprint density at radius 3 is 2.70 bits per heavy atom. The monoisotopic (exact) mass is 295 g/mol. The minimum absolute atomic E-state index is 1.03. The van der Waals surface area contributed by atoms with E-state index < -0.39 is 0 Å². The second kappa shape index (κ2) is 5.00. The van der Waals surface area contributed by atoms with Gasteiger partial charge in [-0.3, -0.25) is 0 Å². The van der Waals surface area contributed by atoms with Gasteiger partial charge in [-0.1, -0.05) is 36.4 Å². The van der Waals surface area contributed by atoms with E-state index in [2.05, 4.69) is 53.9 Å². The third-order valence-electron chi connectivity index (χ3n) is 3.49. The van der Waals surface area contributed by atoms with Crippen molar-refractivity contribution in [2.24, 2.45) is 0 Å². The Labute approximate surface area is 125 Å². The zero-order chi connectivity index (χ0) is 13.4. The number of aryl methyl sites for hydroxylation is 2. The average molecular weight is 295 g/mol. The third kappa shape index (κ3) is 2.13. The molecule has 2 heterocycles. The summed E-state index contributed by atoms with van der Waals surface area (Å²) < 4.78 is 1.29. The van der Waals surface area contributed by atoms with E-state index in [0.29, 0.717) is 0 Å². The fourth-order valence-corrected chi connectivity index (χ4v) is 4.47. The van der Waals surface area contributed by atoms with Gasteiger partial charge in [-0.05, 0) is 34.7 Å². The molecule has 0 fully saturated rings. The summed E-state index contributed by atoms with van der Waals surface area (Å²) in [5, 5.41) is 6.25. The van der Waals surface area contributed by atoms with Crippen molar-refractivity contribution in [3.8, 4) is 0 Å². The van der Waals surface area contributed by atoms with Crippen molar-refractivity contribution in [1.82, 2.24) is 4.98 Å². The Hall–Kier alpha value is -1.71. The molecule has 20 heavy (non-hydrogen) atoms. The van der Waals surface area contributed by atoms with Crippen molar-refractivity contribution >= 4 is 43.7 Å². The van der Waals surface area contributed by atoms with E-state index in [-0.39, 0.29) is 0 Å². The van der Waals surface area contributed by atoms with Gasteiger partial charge in [0, 0.05) is 11.3 Å². The van der Waals surface area contributed by atoms with Gasteiger partial charge in [0.05, 0.1) is 15.2 Å². The lowest BCUT2D eigenvalue weighted by atomic mass is 10.1. The zero-order valence-corrected chi connectivity index (χ0v) is 12.5. The van der Waals surface area contributed by atoms with Crippen LogP contribution in [-0.2, 0) is 12.8 Å². The van der Waals surface area contributed by atoms with Crippen LogP contribution in [0.25, 0.3) is 21.0 Å². The molecule has 0 atom stereocenters. The second-order valence-corrected chi connectivity index (χ2v) is 6.90. The normalized spacial score (nSPS) is 11.4. The Morgan fingerprint density at radius 2 is 1.75 bits per heavy atom. The first-order valence-electron chi connectivity index (χ1n) is 6.70. The van der Waals surface area contributed by atoms with E-state index in [4.69, 9.17) is 4.98 Å². The SMILES string of the molecule is c1ccc2c(CCc3nc4ccccc4s3)scc2c1. The highest BCUT2D eigenvalue weighted by atomic mass is 32.1. The molecular formula is C17H13NS2. The maximum Gasteiger partial charge on any atom is 0.0942 e. The number of hydrogen-bond acceptors (Lipinski definition) is 3. The molecule has 4 rings (SSSR count). The van der Waals surface area contributed by atoms with Crippen LogP contribution in [0.15, 0.2) is 53.9 Å². The highest BCUT2D eigenvalue weighted by molar-refractivity contribution is 7.18. The van der Waals surface area contributed by atoms with Crippen LogP contribution in [0.3, 0.4) is 0 Å². The molecule has 0 aliphatic rings. The molecule has 0 unspecified atom stereocenters. The number of aromatic nitrogens is 1. The molecule has 0 amide bonds. The van der Waals surface area contributed by atoms with Crippen molar-refractivity contribution in [2.45, 2.75) is 12.8 Å². The molecule has 0 spiro atoms. The quantitative estimate of drug-likeness (QED) is 0.500. The molecular weight excluding hydrogens is 282 g/mol. The maximum atomic E-state index is 4.72. The molecule has 0 saturated heterocycles. The number of nitrogens with zero attached hydrogens (tertiary/aromatic N) is 1.